The van der Waals surface area contributed by atoms with Crippen molar-refractivity contribution in [3.8, 4) is 5.75 Å². The van der Waals surface area contributed by atoms with Crippen molar-refractivity contribution < 1.29 is 14.3 Å². The first-order valence-corrected chi connectivity index (χ1v) is 12.7. The summed E-state index contributed by atoms with van der Waals surface area (Å²) in [6, 6.07) is 13.8. The number of hydrogen-bond donors (Lipinski definition) is 2. The molecule has 0 radical (unpaired) electrons. The van der Waals surface area contributed by atoms with E-state index in [-0.39, 0.29) is 23.6 Å². The summed E-state index contributed by atoms with van der Waals surface area (Å²) in [6.07, 6.45) is 0.676. The first-order chi connectivity index (χ1) is 16.8. The minimum atomic E-state index is -0.355. The summed E-state index contributed by atoms with van der Waals surface area (Å²) in [5.41, 5.74) is 1.07. The zero-order chi connectivity index (χ0) is 25.4. The van der Waals surface area contributed by atoms with E-state index in [0.717, 1.165) is 0 Å². The molecule has 0 aliphatic carbocycles. The zero-order valence-corrected chi connectivity index (χ0v) is 21.8. The molecule has 0 fully saturated rings. The molecule has 1 heterocycles. The van der Waals surface area contributed by atoms with Crippen LogP contribution in [0.2, 0.25) is 5.02 Å². The molecular formula is C25H30ClN5O3S. The lowest BCUT2D eigenvalue weighted by molar-refractivity contribution is -0.113. The number of benzene rings is 2. The maximum atomic E-state index is 13.0. The maximum absolute atomic E-state index is 13.0. The number of amides is 2. The highest BCUT2D eigenvalue weighted by molar-refractivity contribution is 7.99. The largest absolute Gasteiger partial charge is 0.497 e. The predicted molar refractivity (Wildman–Crippen MR) is 139 cm³/mol. The Balaban J connectivity index is 1.73. The Morgan fingerprint density at radius 2 is 1.91 bits per heavy atom. The molecule has 0 saturated carbocycles. The average Bonchev–Trinajstić information content (AvgIpc) is 3.25. The third-order valence-corrected chi connectivity index (χ3v) is 6.49. The number of nitrogens with zero attached hydrogens (tertiary/aromatic N) is 3. The molecular weight excluding hydrogens is 486 g/mol. The standard InChI is InChI=1S/C25H30ClN5O3S/c1-5-31-23(21(13-16(2)3)28-24(33)19-11-6-7-12-20(19)26)29-30-25(31)35-15-22(32)27-17-9-8-10-18(14-17)34-4/h6-12,14,16,21H,5,13,15H2,1-4H3,(H,27,32)(H,28,33)/t21-/m0/s1. The van der Waals surface area contributed by atoms with Crippen molar-refractivity contribution in [3.05, 3.63) is 64.9 Å². The summed E-state index contributed by atoms with van der Waals surface area (Å²) in [7, 11) is 1.58. The number of anilines is 1. The summed E-state index contributed by atoms with van der Waals surface area (Å²) in [5, 5.41) is 15.6. The van der Waals surface area contributed by atoms with Gasteiger partial charge in [0.05, 0.1) is 29.5 Å². The maximum Gasteiger partial charge on any atom is 0.253 e. The number of carbonyl (C=O) groups is 2. The van der Waals surface area contributed by atoms with E-state index in [1.54, 1.807) is 43.5 Å². The highest BCUT2D eigenvalue weighted by Gasteiger charge is 2.25. The van der Waals surface area contributed by atoms with Gasteiger partial charge in [0.25, 0.3) is 5.91 Å². The van der Waals surface area contributed by atoms with E-state index in [4.69, 9.17) is 16.3 Å². The minimum absolute atomic E-state index is 0.163. The monoisotopic (exact) mass is 515 g/mol. The van der Waals surface area contributed by atoms with Crippen molar-refractivity contribution in [3.63, 3.8) is 0 Å². The topological polar surface area (TPSA) is 98.1 Å². The van der Waals surface area contributed by atoms with Crippen molar-refractivity contribution in [1.29, 1.82) is 0 Å². The van der Waals surface area contributed by atoms with Gasteiger partial charge < -0.3 is 19.9 Å². The van der Waals surface area contributed by atoms with Crippen LogP contribution in [0, 0.1) is 5.92 Å². The second-order valence-electron chi connectivity index (χ2n) is 8.29. The van der Waals surface area contributed by atoms with Crippen LogP contribution in [0.15, 0.2) is 53.7 Å². The Kier molecular flexibility index (Phi) is 9.56. The fourth-order valence-corrected chi connectivity index (χ4v) is 4.60. The molecule has 10 heteroatoms. The second kappa shape index (κ2) is 12.6. The normalized spacial score (nSPS) is 11.8. The molecule has 0 aliphatic rings. The van der Waals surface area contributed by atoms with Gasteiger partial charge >= 0.3 is 0 Å². The van der Waals surface area contributed by atoms with Crippen LogP contribution in [0.3, 0.4) is 0 Å². The number of hydrogen-bond acceptors (Lipinski definition) is 6. The molecule has 186 valence electrons. The smallest absolute Gasteiger partial charge is 0.253 e. The first kappa shape index (κ1) is 26.6. The van der Waals surface area contributed by atoms with Gasteiger partial charge in [0.2, 0.25) is 5.91 Å². The van der Waals surface area contributed by atoms with Crippen LogP contribution < -0.4 is 15.4 Å². The van der Waals surface area contributed by atoms with Crippen LogP contribution >= 0.6 is 23.4 Å². The lowest BCUT2D eigenvalue weighted by Crippen LogP contribution is -2.31. The Bertz CT molecular complexity index is 1170. The van der Waals surface area contributed by atoms with Gasteiger partial charge in [0, 0.05) is 18.3 Å². The first-order valence-electron chi connectivity index (χ1n) is 11.4. The quantitative estimate of drug-likeness (QED) is 0.340. The number of halogens is 1. The number of carbonyl (C=O) groups excluding carboxylic acids is 2. The van der Waals surface area contributed by atoms with Crippen LogP contribution in [-0.4, -0.2) is 39.4 Å². The molecule has 3 aromatic rings. The molecule has 3 rings (SSSR count). The van der Waals surface area contributed by atoms with E-state index in [2.05, 4.69) is 34.7 Å². The fourth-order valence-electron chi connectivity index (χ4n) is 3.57. The Morgan fingerprint density at radius 3 is 2.60 bits per heavy atom. The van der Waals surface area contributed by atoms with Crippen LogP contribution in [0.1, 0.15) is 49.4 Å². The molecule has 2 amide bonds. The van der Waals surface area contributed by atoms with Crippen molar-refractivity contribution in [1.82, 2.24) is 20.1 Å². The van der Waals surface area contributed by atoms with Gasteiger partial charge in [-0.25, -0.2) is 0 Å². The van der Waals surface area contributed by atoms with Crippen LogP contribution in [-0.2, 0) is 11.3 Å². The molecule has 0 saturated heterocycles. The Hall–Kier alpha value is -3.04. The summed E-state index contributed by atoms with van der Waals surface area (Å²) < 4.78 is 7.13. The Morgan fingerprint density at radius 1 is 1.14 bits per heavy atom. The van der Waals surface area contributed by atoms with Crippen LogP contribution in [0.25, 0.3) is 0 Å². The van der Waals surface area contributed by atoms with E-state index in [9.17, 15) is 9.59 Å². The summed E-state index contributed by atoms with van der Waals surface area (Å²) in [5.74, 6) is 1.35. The van der Waals surface area contributed by atoms with E-state index in [1.165, 1.54) is 11.8 Å². The molecule has 8 nitrogen and oxygen atoms in total. The van der Waals surface area contributed by atoms with E-state index < -0.39 is 0 Å². The Labute approximate surface area is 214 Å². The van der Waals surface area contributed by atoms with Gasteiger partial charge in [0.1, 0.15) is 5.75 Å². The van der Waals surface area contributed by atoms with Gasteiger partial charge in [0.15, 0.2) is 11.0 Å². The summed E-state index contributed by atoms with van der Waals surface area (Å²) in [4.78, 5) is 25.5. The fraction of sp³-hybridized carbons (Fsp3) is 0.360. The highest BCUT2D eigenvalue weighted by Crippen LogP contribution is 2.26. The van der Waals surface area contributed by atoms with Gasteiger partial charge in [-0.05, 0) is 43.5 Å². The average molecular weight is 516 g/mol. The minimum Gasteiger partial charge on any atom is -0.497 e. The van der Waals surface area contributed by atoms with Gasteiger partial charge in [-0.15, -0.1) is 10.2 Å². The molecule has 0 unspecified atom stereocenters. The lowest BCUT2D eigenvalue weighted by atomic mass is 10.0. The summed E-state index contributed by atoms with van der Waals surface area (Å²) >= 11 is 7.52. The molecule has 2 N–H and O–H groups in total. The number of methoxy groups -OCH3 is 1. The molecule has 1 aromatic heterocycles. The second-order valence-corrected chi connectivity index (χ2v) is 9.64. The third kappa shape index (κ3) is 7.22. The van der Waals surface area contributed by atoms with E-state index >= 15 is 0 Å². The van der Waals surface area contributed by atoms with Crippen molar-refractivity contribution in [2.24, 2.45) is 5.92 Å². The molecule has 0 spiro atoms. The molecule has 35 heavy (non-hydrogen) atoms. The number of ether oxygens (including phenoxy) is 1. The molecule has 1 atom stereocenters. The molecule has 2 aromatic carbocycles. The van der Waals surface area contributed by atoms with Gasteiger partial charge in [-0.3, -0.25) is 9.59 Å². The predicted octanol–water partition coefficient (Wildman–Crippen LogP) is 5.21. The molecule has 0 aliphatic heterocycles. The van der Waals surface area contributed by atoms with Gasteiger partial charge in [-0.2, -0.15) is 0 Å². The van der Waals surface area contributed by atoms with E-state index in [1.807, 2.05) is 23.6 Å². The van der Waals surface area contributed by atoms with Gasteiger partial charge in [-0.1, -0.05) is 55.4 Å². The number of thioether (sulfide) groups is 1. The van der Waals surface area contributed by atoms with Crippen molar-refractivity contribution in [2.75, 3.05) is 18.2 Å². The lowest BCUT2D eigenvalue weighted by Gasteiger charge is -2.21. The van der Waals surface area contributed by atoms with Crippen LogP contribution in [0.5, 0.6) is 5.75 Å². The van der Waals surface area contributed by atoms with Crippen molar-refractivity contribution >= 4 is 40.9 Å². The summed E-state index contributed by atoms with van der Waals surface area (Å²) in [6.45, 7) is 6.74. The van der Waals surface area contributed by atoms with E-state index in [0.29, 0.717) is 51.9 Å². The van der Waals surface area contributed by atoms with Crippen molar-refractivity contribution in [2.45, 2.75) is 44.9 Å². The highest BCUT2D eigenvalue weighted by atomic mass is 35.5. The number of rotatable bonds is 11. The third-order valence-electron chi connectivity index (χ3n) is 5.19. The SMILES string of the molecule is CCn1c(SCC(=O)Nc2cccc(OC)c2)nnc1[C@H](CC(C)C)NC(=O)c1ccccc1Cl. The zero-order valence-electron chi connectivity index (χ0n) is 20.2. The van der Waals surface area contributed by atoms with Crippen LogP contribution in [0.4, 0.5) is 5.69 Å². The number of nitrogens with one attached hydrogen (secondary N) is 2. The molecule has 0 bridgehead atoms. The number of aromatic nitrogens is 3.